The first kappa shape index (κ1) is 10.8. The molecule has 18 heavy (non-hydrogen) atoms. The Hall–Kier alpha value is -2.36. The lowest BCUT2D eigenvalue weighted by Gasteiger charge is -2.00. The second-order valence-electron chi connectivity index (χ2n) is 4.15. The molecule has 0 aliphatic carbocycles. The van der Waals surface area contributed by atoms with Crippen molar-refractivity contribution in [1.29, 1.82) is 0 Å². The first-order chi connectivity index (χ1) is 8.79. The maximum absolute atomic E-state index is 11.9. The van der Waals surface area contributed by atoms with Gasteiger partial charge in [0, 0.05) is 23.5 Å². The number of fused-ring (bicyclic) bond motifs is 1. The molecule has 0 amide bonds. The van der Waals surface area contributed by atoms with Gasteiger partial charge in [-0.25, -0.2) is 9.50 Å². The summed E-state index contributed by atoms with van der Waals surface area (Å²) in [7, 11) is 0. The van der Waals surface area contributed by atoms with Crippen molar-refractivity contribution in [3.63, 3.8) is 0 Å². The van der Waals surface area contributed by atoms with Gasteiger partial charge >= 0.3 is 0 Å². The maximum atomic E-state index is 11.9. The zero-order chi connectivity index (χ0) is 12.5. The first-order valence-corrected chi connectivity index (χ1v) is 5.95. The molecule has 0 saturated heterocycles. The van der Waals surface area contributed by atoms with E-state index in [9.17, 15) is 4.79 Å². The Kier molecular flexibility index (Phi) is 2.48. The predicted molar refractivity (Wildman–Crippen MR) is 70.6 cm³/mol. The monoisotopic (exact) mass is 239 g/mol. The molecule has 0 atom stereocenters. The number of hydrogen-bond donors (Lipinski definition) is 1. The van der Waals surface area contributed by atoms with E-state index >= 15 is 0 Å². The van der Waals surface area contributed by atoms with Crippen molar-refractivity contribution in [2.45, 2.75) is 13.3 Å². The van der Waals surface area contributed by atoms with Gasteiger partial charge in [0.2, 0.25) is 0 Å². The summed E-state index contributed by atoms with van der Waals surface area (Å²) in [6.45, 7) is 1.99. The van der Waals surface area contributed by atoms with Gasteiger partial charge in [-0.1, -0.05) is 37.3 Å². The fourth-order valence-corrected chi connectivity index (χ4v) is 2.04. The number of aromatic nitrogens is 3. The smallest absolute Gasteiger partial charge is 0.272 e. The fraction of sp³-hybridized carbons (Fsp3) is 0.143. The van der Waals surface area contributed by atoms with Crippen molar-refractivity contribution in [2.24, 2.45) is 0 Å². The summed E-state index contributed by atoms with van der Waals surface area (Å²) in [6.07, 6.45) is 2.57. The molecule has 3 rings (SSSR count). The molecule has 0 spiro atoms. The van der Waals surface area contributed by atoms with Crippen LogP contribution < -0.4 is 5.56 Å². The van der Waals surface area contributed by atoms with Crippen LogP contribution >= 0.6 is 0 Å². The number of aryl methyl sites for hydroxylation is 1. The third-order valence-corrected chi connectivity index (χ3v) is 3.00. The lowest BCUT2D eigenvalue weighted by atomic mass is 10.1. The SMILES string of the molecule is CCc1cc(=O)n2[nH]cc(-c3ccccc3)c2n1. The lowest BCUT2D eigenvalue weighted by Crippen LogP contribution is -2.15. The van der Waals surface area contributed by atoms with E-state index in [1.165, 1.54) is 4.52 Å². The Bertz CT molecular complexity index is 741. The Morgan fingerprint density at radius 3 is 2.78 bits per heavy atom. The predicted octanol–water partition coefficient (Wildman–Crippen LogP) is 2.25. The summed E-state index contributed by atoms with van der Waals surface area (Å²) in [5.74, 6) is 0. The highest BCUT2D eigenvalue weighted by molar-refractivity contribution is 5.76. The Labute approximate surface area is 104 Å². The number of rotatable bonds is 2. The molecule has 0 aliphatic heterocycles. The quantitative estimate of drug-likeness (QED) is 0.745. The summed E-state index contributed by atoms with van der Waals surface area (Å²) in [4.78, 5) is 16.4. The van der Waals surface area contributed by atoms with Gasteiger partial charge < -0.3 is 0 Å². The number of hydrogen-bond acceptors (Lipinski definition) is 2. The Balaban J connectivity index is 2.32. The molecular formula is C14H13N3O. The zero-order valence-electron chi connectivity index (χ0n) is 10.1. The fourth-order valence-electron chi connectivity index (χ4n) is 2.04. The van der Waals surface area contributed by atoms with Crippen LogP contribution in [0.3, 0.4) is 0 Å². The van der Waals surface area contributed by atoms with Crippen molar-refractivity contribution < 1.29 is 0 Å². The van der Waals surface area contributed by atoms with Crippen LogP contribution in [0.4, 0.5) is 0 Å². The number of aromatic amines is 1. The van der Waals surface area contributed by atoms with E-state index in [1.54, 1.807) is 6.07 Å². The Morgan fingerprint density at radius 1 is 1.28 bits per heavy atom. The molecule has 1 N–H and O–H groups in total. The number of H-pyrrole nitrogens is 1. The van der Waals surface area contributed by atoms with E-state index in [1.807, 2.05) is 43.5 Å². The average molecular weight is 239 g/mol. The van der Waals surface area contributed by atoms with Crippen LogP contribution in [0.15, 0.2) is 47.4 Å². The molecule has 0 radical (unpaired) electrons. The van der Waals surface area contributed by atoms with Gasteiger partial charge in [0.05, 0.1) is 0 Å². The van der Waals surface area contributed by atoms with E-state index in [0.29, 0.717) is 5.65 Å². The van der Waals surface area contributed by atoms with E-state index in [0.717, 1.165) is 23.2 Å². The second-order valence-corrected chi connectivity index (χ2v) is 4.15. The topological polar surface area (TPSA) is 50.2 Å². The molecular weight excluding hydrogens is 226 g/mol. The molecule has 4 nitrogen and oxygen atoms in total. The van der Waals surface area contributed by atoms with Crippen LogP contribution in [-0.2, 0) is 6.42 Å². The van der Waals surface area contributed by atoms with E-state index in [4.69, 9.17) is 0 Å². The highest BCUT2D eigenvalue weighted by atomic mass is 16.1. The van der Waals surface area contributed by atoms with Gasteiger partial charge in [-0.3, -0.25) is 9.89 Å². The summed E-state index contributed by atoms with van der Waals surface area (Å²) >= 11 is 0. The number of nitrogens with one attached hydrogen (secondary N) is 1. The minimum atomic E-state index is -0.0703. The van der Waals surface area contributed by atoms with Crippen LogP contribution in [-0.4, -0.2) is 14.6 Å². The third kappa shape index (κ3) is 1.62. The van der Waals surface area contributed by atoms with Gasteiger partial charge in [0.15, 0.2) is 5.65 Å². The van der Waals surface area contributed by atoms with Gasteiger partial charge in [0.1, 0.15) is 0 Å². The molecule has 3 aromatic rings. The molecule has 0 bridgehead atoms. The molecule has 0 unspecified atom stereocenters. The van der Waals surface area contributed by atoms with Gasteiger partial charge in [-0.05, 0) is 12.0 Å². The van der Waals surface area contributed by atoms with Crippen LogP contribution in [0.1, 0.15) is 12.6 Å². The van der Waals surface area contributed by atoms with Crippen LogP contribution in [0.5, 0.6) is 0 Å². The van der Waals surface area contributed by atoms with Crippen molar-refractivity contribution in [3.05, 3.63) is 58.6 Å². The van der Waals surface area contributed by atoms with Crippen LogP contribution in [0.2, 0.25) is 0 Å². The minimum absolute atomic E-state index is 0.0703. The summed E-state index contributed by atoms with van der Waals surface area (Å²) in [5.41, 5.74) is 3.43. The second kappa shape index (κ2) is 4.14. The standard InChI is InChI=1S/C14H13N3O/c1-2-11-8-13(18)17-14(16-11)12(9-15-17)10-6-4-3-5-7-10/h3-9,15H,2H2,1H3. The number of benzene rings is 1. The highest BCUT2D eigenvalue weighted by Gasteiger charge is 2.09. The van der Waals surface area contributed by atoms with Crippen molar-refractivity contribution >= 4 is 5.65 Å². The normalized spacial score (nSPS) is 10.9. The molecule has 4 heteroatoms. The van der Waals surface area contributed by atoms with Crippen molar-refractivity contribution in [2.75, 3.05) is 0 Å². The molecule has 1 aromatic carbocycles. The van der Waals surface area contributed by atoms with Crippen LogP contribution in [0, 0.1) is 0 Å². The lowest BCUT2D eigenvalue weighted by molar-refractivity contribution is 0.876. The summed E-state index contributed by atoms with van der Waals surface area (Å²) in [5, 5.41) is 2.95. The average Bonchev–Trinajstić information content (AvgIpc) is 2.84. The third-order valence-electron chi connectivity index (χ3n) is 3.00. The van der Waals surface area contributed by atoms with Gasteiger partial charge in [0.25, 0.3) is 5.56 Å². The number of nitrogens with zero attached hydrogens (tertiary/aromatic N) is 2. The zero-order valence-corrected chi connectivity index (χ0v) is 10.1. The van der Waals surface area contributed by atoms with Gasteiger partial charge in [-0.15, -0.1) is 0 Å². The summed E-state index contributed by atoms with van der Waals surface area (Å²) < 4.78 is 1.47. The maximum Gasteiger partial charge on any atom is 0.272 e. The van der Waals surface area contributed by atoms with E-state index in [-0.39, 0.29) is 5.56 Å². The molecule has 2 heterocycles. The minimum Gasteiger partial charge on any atom is -0.296 e. The molecule has 0 saturated carbocycles. The largest absolute Gasteiger partial charge is 0.296 e. The van der Waals surface area contributed by atoms with Gasteiger partial charge in [-0.2, -0.15) is 0 Å². The molecule has 0 aliphatic rings. The Morgan fingerprint density at radius 2 is 2.06 bits per heavy atom. The van der Waals surface area contributed by atoms with Crippen LogP contribution in [0.25, 0.3) is 16.8 Å². The van der Waals surface area contributed by atoms with Crippen molar-refractivity contribution in [1.82, 2.24) is 14.6 Å². The van der Waals surface area contributed by atoms with E-state index < -0.39 is 0 Å². The summed E-state index contributed by atoms with van der Waals surface area (Å²) in [6, 6.07) is 11.5. The highest BCUT2D eigenvalue weighted by Crippen LogP contribution is 2.21. The van der Waals surface area contributed by atoms with Crippen molar-refractivity contribution in [3.8, 4) is 11.1 Å². The molecule has 2 aromatic heterocycles. The molecule has 0 fully saturated rings. The van der Waals surface area contributed by atoms with E-state index in [2.05, 4.69) is 10.1 Å². The molecule has 90 valence electrons. The first-order valence-electron chi connectivity index (χ1n) is 5.95.